The molecule has 2 rings (SSSR count). The zero-order valence-electron chi connectivity index (χ0n) is 13.4. The van der Waals surface area contributed by atoms with Crippen molar-refractivity contribution in [3.63, 3.8) is 0 Å². The molecule has 0 aliphatic carbocycles. The fraction of sp³-hybridized carbons (Fsp3) is 0.500. The standard InChI is InChI=1S/C16H21BrFN3O2.ClH/c1-10-4-6-19-9-14(10)21-15(22)5-7-20-16(23)12-8-11(18)2-3-13(12)17;/h2-3,8,10,14,19H,4-7,9H2,1H3,(H,20,23)(H,21,22);1H. The van der Waals surface area contributed by atoms with Gasteiger partial charge < -0.3 is 16.0 Å². The molecule has 134 valence electrons. The molecule has 8 heteroatoms. The maximum atomic E-state index is 13.2. The molecule has 1 heterocycles. The lowest BCUT2D eigenvalue weighted by Gasteiger charge is -2.30. The molecule has 1 aromatic rings. The summed E-state index contributed by atoms with van der Waals surface area (Å²) in [6.45, 7) is 4.08. The third kappa shape index (κ3) is 6.03. The van der Waals surface area contributed by atoms with E-state index in [2.05, 4.69) is 38.8 Å². The molecule has 0 bridgehead atoms. The van der Waals surface area contributed by atoms with Gasteiger partial charge in [-0.3, -0.25) is 9.59 Å². The summed E-state index contributed by atoms with van der Waals surface area (Å²) in [6.07, 6.45) is 1.23. The van der Waals surface area contributed by atoms with Crippen LogP contribution in [0.3, 0.4) is 0 Å². The van der Waals surface area contributed by atoms with Crippen LogP contribution in [0.4, 0.5) is 4.39 Å². The van der Waals surface area contributed by atoms with E-state index in [-0.39, 0.29) is 42.9 Å². The number of rotatable bonds is 5. The number of benzene rings is 1. The van der Waals surface area contributed by atoms with Crippen LogP contribution in [-0.4, -0.2) is 37.5 Å². The van der Waals surface area contributed by atoms with Crippen LogP contribution in [0.1, 0.15) is 30.1 Å². The van der Waals surface area contributed by atoms with Crippen LogP contribution in [-0.2, 0) is 4.79 Å². The van der Waals surface area contributed by atoms with Crippen LogP contribution < -0.4 is 16.0 Å². The highest BCUT2D eigenvalue weighted by Gasteiger charge is 2.22. The molecule has 2 amide bonds. The zero-order chi connectivity index (χ0) is 16.8. The fourth-order valence-electron chi connectivity index (χ4n) is 2.52. The third-order valence-corrected chi connectivity index (χ3v) is 4.68. The lowest BCUT2D eigenvalue weighted by Crippen LogP contribution is -2.50. The monoisotopic (exact) mass is 421 g/mol. The molecular formula is C16H22BrClFN3O2. The second-order valence-electron chi connectivity index (χ2n) is 5.77. The molecule has 1 aromatic carbocycles. The largest absolute Gasteiger partial charge is 0.352 e. The van der Waals surface area contributed by atoms with Gasteiger partial charge in [0.2, 0.25) is 5.91 Å². The van der Waals surface area contributed by atoms with Crippen LogP contribution in [0.5, 0.6) is 0 Å². The number of amides is 2. The van der Waals surface area contributed by atoms with Crippen LogP contribution in [0.2, 0.25) is 0 Å². The Morgan fingerprint density at radius 1 is 1.42 bits per heavy atom. The molecule has 3 N–H and O–H groups in total. The average molecular weight is 423 g/mol. The van der Waals surface area contributed by atoms with E-state index < -0.39 is 11.7 Å². The maximum Gasteiger partial charge on any atom is 0.252 e. The molecule has 2 atom stereocenters. The molecule has 2 unspecified atom stereocenters. The smallest absolute Gasteiger partial charge is 0.252 e. The summed E-state index contributed by atoms with van der Waals surface area (Å²) in [4.78, 5) is 23.9. The first-order valence-electron chi connectivity index (χ1n) is 7.70. The lowest BCUT2D eigenvalue weighted by molar-refractivity contribution is -0.122. The van der Waals surface area contributed by atoms with E-state index in [0.717, 1.165) is 25.6 Å². The van der Waals surface area contributed by atoms with E-state index in [9.17, 15) is 14.0 Å². The van der Waals surface area contributed by atoms with Crippen LogP contribution in [0, 0.1) is 11.7 Å². The molecule has 0 saturated carbocycles. The number of halogens is 3. The summed E-state index contributed by atoms with van der Waals surface area (Å²) >= 11 is 3.21. The Morgan fingerprint density at radius 2 is 2.17 bits per heavy atom. The van der Waals surface area contributed by atoms with E-state index in [4.69, 9.17) is 0 Å². The topological polar surface area (TPSA) is 70.2 Å². The van der Waals surface area contributed by atoms with Crippen molar-refractivity contribution in [1.82, 2.24) is 16.0 Å². The van der Waals surface area contributed by atoms with E-state index in [0.29, 0.717) is 10.4 Å². The summed E-state index contributed by atoms with van der Waals surface area (Å²) in [5.74, 6) is -0.533. The van der Waals surface area contributed by atoms with Gasteiger partial charge in [-0.05, 0) is 53.0 Å². The van der Waals surface area contributed by atoms with Crippen molar-refractivity contribution in [2.75, 3.05) is 19.6 Å². The molecule has 24 heavy (non-hydrogen) atoms. The first-order chi connectivity index (χ1) is 11.0. The Kier molecular flexibility index (Phi) is 8.66. The number of hydrogen-bond donors (Lipinski definition) is 3. The highest BCUT2D eigenvalue weighted by molar-refractivity contribution is 9.10. The maximum absolute atomic E-state index is 13.2. The van der Waals surface area contributed by atoms with Crippen LogP contribution in [0.25, 0.3) is 0 Å². The first kappa shape index (κ1) is 20.9. The predicted octanol–water partition coefficient (Wildman–Crippen LogP) is 2.24. The molecule has 0 spiro atoms. The van der Waals surface area contributed by atoms with Gasteiger partial charge in [-0.2, -0.15) is 0 Å². The molecule has 0 aromatic heterocycles. The Balaban J connectivity index is 0.00000288. The summed E-state index contributed by atoms with van der Waals surface area (Å²) in [5.41, 5.74) is 0.218. The van der Waals surface area contributed by atoms with Gasteiger partial charge >= 0.3 is 0 Å². The Labute approximate surface area is 155 Å². The third-order valence-electron chi connectivity index (χ3n) is 3.98. The SMILES string of the molecule is CC1CCNCC1NC(=O)CCNC(=O)c1cc(F)ccc1Br.Cl. The fourth-order valence-corrected chi connectivity index (χ4v) is 2.94. The van der Waals surface area contributed by atoms with Crippen LogP contribution >= 0.6 is 28.3 Å². The summed E-state index contributed by atoms with van der Waals surface area (Å²) in [7, 11) is 0. The number of hydrogen-bond acceptors (Lipinski definition) is 3. The highest BCUT2D eigenvalue weighted by Crippen LogP contribution is 2.17. The lowest BCUT2D eigenvalue weighted by atomic mass is 9.95. The average Bonchev–Trinajstić information content (AvgIpc) is 2.52. The zero-order valence-corrected chi connectivity index (χ0v) is 15.8. The van der Waals surface area contributed by atoms with Gasteiger partial charge in [-0.15, -0.1) is 12.4 Å². The second-order valence-corrected chi connectivity index (χ2v) is 6.63. The van der Waals surface area contributed by atoms with E-state index in [1.54, 1.807) is 0 Å². The molecular weight excluding hydrogens is 401 g/mol. The number of nitrogens with one attached hydrogen (secondary N) is 3. The molecule has 0 radical (unpaired) electrons. The number of piperidine rings is 1. The summed E-state index contributed by atoms with van der Waals surface area (Å²) in [5, 5.41) is 8.87. The van der Waals surface area contributed by atoms with Gasteiger partial charge in [0.15, 0.2) is 0 Å². The summed E-state index contributed by atoms with van der Waals surface area (Å²) in [6, 6.07) is 4.04. The van der Waals surface area contributed by atoms with Crippen LogP contribution in [0.15, 0.2) is 22.7 Å². The van der Waals surface area contributed by atoms with Gasteiger partial charge in [0.1, 0.15) is 5.82 Å². The number of carbonyl (C=O) groups is 2. The minimum atomic E-state index is -0.477. The highest BCUT2D eigenvalue weighted by atomic mass is 79.9. The van der Waals surface area contributed by atoms with E-state index in [1.807, 2.05) is 0 Å². The van der Waals surface area contributed by atoms with Crippen molar-refractivity contribution in [2.24, 2.45) is 5.92 Å². The van der Waals surface area contributed by atoms with E-state index in [1.165, 1.54) is 12.1 Å². The number of carbonyl (C=O) groups excluding carboxylic acids is 2. The molecule has 1 aliphatic rings. The van der Waals surface area contributed by atoms with Crippen molar-refractivity contribution in [1.29, 1.82) is 0 Å². The minimum Gasteiger partial charge on any atom is -0.352 e. The Bertz CT molecular complexity index is 588. The van der Waals surface area contributed by atoms with Gasteiger partial charge in [-0.1, -0.05) is 6.92 Å². The minimum absolute atomic E-state index is 0. The molecule has 1 aliphatic heterocycles. The quantitative estimate of drug-likeness (QED) is 0.681. The second kappa shape index (κ2) is 9.96. The first-order valence-corrected chi connectivity index (χ1v) is 8.50. The Hall–Kier alpha value is -1.18. The van der Waals surface area contributed by atoms with Gasteiger partial charge in [-0.25, -0.2) is 4.39 Å². The van der Waals surface area contributed by atoms with Crippen molar-refractivity contribution in [2.45, 2.75) is 25.8 Å². The summed E-state index contributed by atoms with van der Waals surface area (Å²) < 4.78 is 13.7. The predicted molar refractivity (Wildman–Crippen MR) is 96.9 cm³/mol. The van der Waals surface area contributed by atoms with Crippen molar-refractivity contribution in [3.05, 3.63) is 34.1 Å². The Morgan fingerprint density at radius 3 is 2.88 bits per heavy atom. The van der Waals surface area contributed by atoms with Crippen molar-refractivity contribution in [3.8, 4) is 0 Å². The van der Waals surface area contributed by atoms with Gasteiger partial charge in [0.05, 0.1) is 5.56 Å². The normalized spacial score (nSPS) is 20.0. The van der Waals surface area contributed by atoms with Gasteiger partial charge in [0, 0.05) is 30.0 Å². The molecule has 1 saturated heterocycles. The molecule has 5 nitrogen and oxygen atoms in total. The van der Waals surface area contributed by atoms with Gasteiger partial charge in [0.25, 0.3) is 5.91 Å². The van der Waals surface area contributed by atoms with E-state index >= 15 is 0 Å². The van der Waals surface area contributed by atoms with Crippen molar-refractivity contribution < 1.29 is 14.0 Å². The molecule has 1 fully saturated rings. The van der Waals surface area contributed by atoms with Crippen molar-refractivity contribution >= 4 is 40.2 Å².